The van der Waals surface area contributed by atoms with E-state index in [0.717, 1.165) is 12.8 Å². The van der Waals surface area contributed by atoms with E-state index in [9.17, 15) is 22.8 Å². The van der Waals surface area contributed by atoms with Crippen molar-refractivity contribution in [2.45, 2.75) is 17.7 Å². The highest BCUT2D eigenvalue weighted by Gasteiger charge is 2.27. The zero-order chi connectivity index (χ0) is 21.7. The highest BCUT2D eigenvalue weighted by molar-refractivity contribution is 7.89. The molecule has 2 N–H and O–H groups in total. The first-order valence-electron chi connectivity index (χ1n) is 9.22. The summed E-state index contributed by atoms with van der Waals surface area (Å²) in [7, 11) is -2.33. The van der Waals surface area contributed by atoms with Crippen molar-refractivity contribution in [1.82, 2.24) is 15.2 Å². The molecule has 0 aromatic heterocycles. The lowest BCUT2D eigenvalue weighted by Crippen LogP contribution is -2.41. The lowest BCUT2D eigenvalue weighted by atomic mass is 10.1. The maximum absolute atomic E-state index is 12.5. The van der Waals surface area contributed by atoms with Gasteiger partial charge >= 0.3 is 5.97 Å². The maximum Gasteiger partial charge on any atom is 0.337 e. The summed E-state index contributed by atoms with van der Waals surface area (Å²) in [6, 6.07) is 11.3. The third-order valence-electron chi connectivity index (χ3n) is 4.65. The van der Waals surface area contributed by atoms with Gasteiger partial charge in [0, 0.05) is 24.2 Å². The van der Waals surface area contributed by atoms with Gasteiger partial charge in [0.1, 0.15) is 0 Å². The molecular weight excluding hydrogens is 410 g/mol. The summed E-state index contributed by atoms with van der Waals surface area (Å²) in [4.78, 5) is 36.1. The Morgan fingerprint density at radius 1 is 0.867 bits per heavy atom. The fourth-order valence-electron chi connectivity index (χ4n) is 3.02. The largest absolute Gasteiger partial charge is 0.465 e. The van der Waals surface area contributed by atoms with E-state index in [1.165, 1.54) is 59.9 Å². The molecule has 1 fully saturated rings. The summed E-state index contributed by atoms with van der Waals surface area (Å²) in [5, 5.41) is 0. The van der Waals surface area contributed by atoms with Crippen LogP contribution >= 0.6 is 0 Å². The third kappa shape index (κ3) is 4.66. The minimum Gasteiger partial charge on any atom is -0.465 e. The van der Waals surface area contributed by atoms with E-state index in [4.69, 9.17) is 0 Å². The van der Waals surface area contributed by atoms with Crippen molar-refractivity contribution in [1.29, 1.82) is 0 Å². The summed E-state index contributed by atoms with van der Waals surface area (Å²) in [5.74, 6) is -1.82. The van der Waals surface area contributed by atoms with E-state index in [-0.39, 0.29) is 21.6 Å². The van der Waals surface area contributed by atoms with E-state index in [1.54, 1.807) is 0 Å². The van der Waals surface area contributed by atoms with Gasteiger partial charge in [-0.3, -0.25) is 20.4 Å². The second-order valence-corrected chi connectivity index (χ2v) is 8.55. The molecule has 3 rings (SSSR count). The van der Waals surface area contributed by atoms with Gasteiger partial charge in [-0.15, -0.1) is 0 Å². The number of methoxy groups -OCH3 is 1. The normalized spacial score (nSPS) is 14.2. The number of esters is 1. The Kier molecular flexibility index (Phi) is 6.48. The molecule has 158 valence electrons. The molecule has 1 saturated heterocycles. The molecule has 30 heavy (non-hydrogen) atoms. The molecule has 9 nitrogen and oxygen atoms in total. The Bertz CT molecular complexity index is 1060. The number of hydrazine groups is 1. The molecule has 2 aromatic carbocycles. The third-order valence-corrected chi connectivity index (χ3v) is 6.57. The maximum atomic E-state index is 12.5. The minimum absolute atomic E-state index is 0.115. The summed E-state index contributed by atoms with van der Waals surface area (Å²) < 4.78 is 31.1. The van der Waals surface area contributed by atoms with Gasteiger partial charge in [-0.2, -0.15) is 4.31 Å². The predicted molar refractivity (Wildman–Crippen MR) is 107 cm³/mol. The van der Waals surface area contributed by atoms with Crippen molar-refractivity contribution in [3.8, 4) is 0 Å². The van der Waals surface area contributed by atoms with E-state index in [1.807, 2.05) is 0 Å². The topological polar surface area (TPSA) is 122 Å². The Morgan fingerprint density at radius 3 is 2.03 bits per heavy atom. The number of ether oxygens (including phenoxy) is 1. The van der Waals surface area contributed by atoms with E-state index < -0.39 is 27.8 Å². The van der Waals surface area contributed by atoms with Crippen LogP contribution in [0.4, 0.5) is 0 Å². The van der Waals surface area contributed by atoms with Crippen molar-refractivity contribution in [3.63, 3.8) is 0 Å². The lowest BCUT2D eigenvalue weighted by molar-refractivity contribution is 0.0600. The summed E-state index contributed by atoms with van der Waals surface area (Å²) in [6.45, 7) is 0.988. The molecule has 10 heteroatoms. The smallest absolute Gasteiger partial charge is 0.337 e. The first kappa shape index (κ1) is 21.5. The van der Waals surface area contributed by atoms with Crippen LogP contribution in [0.1, 0.15) is 43.9 Å². The first-order chi connectivity index (χ1) is 14.3. The molecule has 0 aliphatic carbocycles. The van der Waals surface area contributed by atoms with Crippen LogP contribution < -0.4 is 10.9 Å². The van der Waals surface area contributed by atoms with Crippen LogP contribution in [0.25, 0.3) is 0 Å². The molecule has 0 unspecified atom stereocenters. The molecule has 0 saturated carbocycles. The van der Waals surface area contributed by atoms with E-state index in [2.05, 4.69) is 15.6 Å². The Balaban J connectivity index is 1.62. The summed E-state index contributed by atoms with van der Waals surface area (Å²) in [5.41, 5.74) is 5.05. The fourth-order valence-corrected chi connectivity index (χ4v) is 4.54. The molecule has 0 spiro atoms. The molecule has 1 aliphatic heterocycles. The number of benzene rings is 2. The number of carbonyl (C=O) groups excluding carboxylic acids is 3. The number of nitrogens with zero attached hydrogens (tertiary/aromatic N) is 1. The quantitative estimate of drug-likeness (QED) is 0.544. The van der Waals surface area contributed by atoms with Crippen LogP contribution in [0.2, 0.25) is 0 Å². The lowest BCUT2D eigenvalue weighted by Gasteiger charge is -2.15. The van der Waals surface area contributed by atoms with Gasteiger partial charge in [-0.05, 0) is 55.3 Å². The SMILES string of the molecule is COC(=O)c1cccc(C(=O)NNC(=O)c2ccc(S(=O)(=O)N3CCCC3)cc2)c1. The average molecular weight is 431 g/mol. The number of hydrogen-bond donors (Lipinski definition) is 2. The van der Waals surface area contributed by atoms with Crippen LogP contribution in [-0.4, -0.2) is 50.7 Å². The van der Waals surface area contributed by atoms with Gasteiger partial charge in [0.05, 0.1) is 17.6 Å². The monoisotopic (exact) mass is 431 g/mol. The van der Waals surface area contributed by atoms with Crippen molar-refractivity contribution in [2.75, 3.05) is 20.2 Å². The number of amides is 2. The Morgan fingerprint density at radius 2 is 1.43 bits per heavy atom. The molecule has 1 aliphatic rings. The fraction of sp³-hybridized carbons (Fsp3) is 0.250. The average Bonchev–Trinajstić information content (AvgIpc) is 3.32. The number of hydrogen-bond acceptors (Lipinski definition) is 6. The predicted octanol–water partition coefficient (Wildman–Crippen LogP) is 1.33. The van der Waals surface area contributed by atoms with Gasteiger partial charge in [0.25, 0.3) is 11.8 Å². The Hall–Kier alpha value is -3.24. The van der Waals surface area contributed by atoms with Crippen molar-refractivity contribution in [3.05, 3.63) is 65.2 Å². The molecular formula is C20H21N3O6S. The number of nitrogens with one attached hydrogen (secondary N) is 2. The molecule has 2 amide bonds. The van der Waals surface area contributed by atoms with Gasteiger partial charge < -0.3 is 4.74 Å². The van der Waals surface area contributed by atoms with Crippen LogP contribution in [0.3, 0.4) is 0 Å². The van der Waals surface area contributed by atoms with Crippen molar-refractivity contribution in [2.24, 2.45) is 0 Å². The second kappa shape index (κ2) is 9.06. The summed E-state index contributed by atoms with van der Waals surface area (Å²) >= 11 is 0. The standard InChI is InChI=1S/C20H21N3O6S/c1-29-20(26)16-6-4-5-15(13-16)19(25)22-21-18(24)14-7-9-17(10-8-14)30(27,28)23-11-2-3-12-23/h4-10,13H,2-3,11-12H2,1H3,(H,21,24)(H,22,25). The zero-order valence-electron chi connectivity index (χ0n) is 16.3. The zero-order valence-corrected chi connectivity index (χ0v) is 17.1. The highest BCUT2D eigenvalue weighted by atomic mass is 32.2. The van der Waals surface area contributed by atoms with E-state index >= 15 is 0 Å². The van der Waals surface area contributed by atoms with Crippen molar-refractivity contribution >= 4 is 27.8 Å². The van der Waals surface area contributed by atoms with Crippen LogP contribution in [0.15, 0.2) is 53.4 Å². The van der Waals surface area contributed by atoms with Crippen LogP contribution in [-0.2, 0) is 14.8 Å². The van der Waals surface area contributed by atoms with Crippen LogP contribution in [0.5, 0.6) is 0 Å². The van der Waals surface area contributed by atoms with E-state index in [0.29, 0.717) is 13.1 Å². The van der Waals surface area contributed by atoms with Crippen molar-refractivity contribution < 1.29 is 27.5 Å². The molecule has 0 atom stereocenters. The summed E-state index contributed by atoms with van der Waals surface area (Å²) in [6.07, 6.45) is 1.67. The van der Waals surface area contributed by atoms with Gasteiger partial charge in [0.2, 0.25) is 10.0 Å². The molecule has 2 aromatic rings. The second-order valence-electron chi connectivity index (χ2n) is 6.62. The number of sulfonamides is 1. The first-order valence-corrected chi connectivity index (χ1v) is 10.7. The number of rotatable bonds is 5. The molecule has 0 bridgehead atoms. The number of carbonyl (C=O) groups is 3. The van der Waals surface area contributed by atoms with Gasteiger partial charge in [0.15, 0.2) is 0 Å². The van der Waals surface area contributed by atoms with Gasteiger partial charge in [-0.1, -0.05) is 6.07 Å². The minimum atomic E-state index is -3.56. The highest BCUT2D eigenvalue weighted by Crippen LogP contribution is 2.21. The van der Waals surface area contributed by atoms with Gasteiger partial charge in [-0.25, -0.2) is 13.2 Å². The molecule has 0 radical (unpaired) electrons. The van der Waals surface area contributed by atoms with Crippen LogP contribution in [0, 0.1) is 0 Å². The molecule has 1 heterocycles. The Labute approximate surface area is 174 Å².